The van der Waals surface area contributed by atoms with Gasteiger partial charge in [-0.3, -0.25) is 0 Å². The van der Waals surface area contributed by atoms with Crippen LogP contribution in [0.3, 0.4) is 0 Å². The molecule has 1 amide bonds. The highest BCUT2D eigenvalue weighted by Crippen LogP contribution is 2.54. The fourth-order valence-corrected chi connectivity index (χ4v) is 6.12. The number of fused-ring (bicyclic) bond motifs is 2. The van der Waals surface area contributed by atoms with Crippen molar-refractivity contribution < 1.29 is 14.3 Å². The van der Waals surface area contributed by atoms with E-state index in [0.29, 0.717) is 12.4 Å². The van der Waals surface area contributed by atoms with Crippen molar-refractivity contribution in [3.8, 4) is 0 Å². The number of nitrogens with one attached hydrogen (secondary N) is 1. The van der Waals surface area contributed by atoms with Gasteiger partial charge in [0.15, 0.2) is 17.1 Å². The summed E-state index contributed by atoms with van der Waals surface area (Å²) < 4.78 is 13.6. The molecule has 3 aromatic rings. The molecular formula is C28H35N5O3. The second-order valence-corrected chi connectivity index (χ2v) is 12.0. The lowest BCUT2D eigenvalue weighted by Gasteiger charge is -2.43. The zero-order valence-corrected chi connectivity index (χ0v) is 21.7. The number of pyridine rings is 1. The molecule has 7 rings (SSSR count). The SMILES string of the molecule is Cc1cc(N2CC[C@](C)(c3ccccc3)C2)cn2nc(C34CC(CO3)C4NC(=O)OC(C)(C)C)nc12. The first-order valence-corrected chi connectivity index (χ1v) is 12.9. The van der Waals surface area contributed by atoms with Gasteiger partial charge in [0, 0.05) is 24.4 Å². The first-order chi connectivity index (χ1) is 17.1. The van der Waals surface area contributed by atoms with Gasteiger partial charge in [0.2, 0.25) is 0 Å². The number of benzene rings is 1. The lowest BCUT2D eigenvalue weighted by atomic mass is 9.69. The molecule has 3 aliphatic heterocycles. The van der Waals surface area contributed by atoms with E-state index in [1.807, 2.05) is 25.3 Å². The number of rotatable bonds is 4. The number of aromatic nitrogens is 3. The molecule has 1 N–H and O–H groups in total. The Kier molecular flexibility index (Phi) is 5.13. The second-order valence-electron chi connectivity index (χ2n) is 12.0. The number of nitrogens with zero attached hydrogens (tertiary/aromatic N) is 4. The molecule has 8 heteroatoms. The minimum Gasteiger partial charge on any atom is -0.444 e. The second kappa shape index (κ2) is 7.93. The molecule has 4 fully saturated rings. The Morgan fingerprint density at radius 1 is 1.25 bits per heavy atom. The Morgan fingerprint density at radius 3 is 2.75 bits per heavy atom. The molecule has 190 valence electrons. The molecule has 2 bridgehead atoms. The van der Waals surface area contributed by atoms with Gasteiger partial charge in [0.05, 0.1) is 24.5 Å². The highest BCUT2D eigenvalue weighted by molar-refractivity contribution is 5.69. The standard InChI is InChI=1S/C28H35N5O3/c1-18-13-21(32-12-11-27(5,17-32)20-9-7-6-8-10-20)15-33-23(18)30-24(31-33)28-14-19(16-35-28)22(28)29-25(34)36-26(2,3)4/h6-10,13,15,19,22H,11-12,14,16-17H2,1-5H3,(H,29,34)/t19?,22?,27-,28?/m0/s1. The van der Waals surface area contributed by atoms with Gasteiger partial charge in [-0.05, 0) is 57.7 Å². The smallest absolute Gasteiger partial charge is 0.407 e. The maximum Gasteiger partial charge on any atom is 0.407 e. The van der Waals surface area contributed by atoms with Gasteiger partial charge in [-0.2, -0.15) is 0 Å². The topological polar surface area (TPSA) is 81.0 Å². The van der Waals surface area contributed by atoms with E-state index in [2.05, 4.69) is 66.7 Å². The number of anilines is 1. The molecule has 5 heterocycles. The van der Waals surface area contributed by atoms with Gasteiger partial charge in [-0.25, -0.2) is 14.3 Å². The van der Waals surface area contributed by atoms with Crippen LogP contribution in [0.15, 0.2) is 42.6 Å². The molecule has 3 saturated heterocycles. The summed E-state index contributed by atoms with van der Waals surface area (Å²) in [6.45, 7) is 12.6. The summed E-state index contributed by atoms with van der Waals surface area (Å²) in [6.07, 6.45) is 3.56. The van der Waals surface area contributed by atoms with E-state index < -0.39 is 17.3 Å². The van der Waals surface area contributed by atoms with Gasteiger partial charge in [0.1, 0.15) is 5.60 Å². The molecule has 8 nitrogen and oxygen atoms in total. The van der Waals surface area contributed by atoms with Crippen molar-refractivity contribution >= 4 is 17.4 Å². The van der Waals surface area contributed by atoms with Crippen LogP contribution < -0.4 is 10.2 Å². The van der Waals surface area contributed by atoms with E-state index in [0.717, 1.165) is 42.8 Å². The van der Waals surface area contributed by atoms with Crippen LogP contribution in [-0.4, -0.2) is 52.0 Å². The van der Waals surface area contributed by atoms with E-state index in [1.165, 1.54) is 5.56 Å². The number of amides is 1. The number of carbonyl (C=O) groups is 1. The zero-order chi connectivity index (χ0) is 25.3. The Labute approximate surface area is 212 Å². The number of hydrogen-bond acceptors (Lipinski definition) is 6. The van der Waals surface area contributed by atoms with Crippen molar-refractivity contribution in [2.24, 2.45) is 5.92 Å². The first-order valence-electron chi connectivity index (χ1n) is 12.9. The fraction of sp³-hybridized carbons (Fsp3) is 0.536. The molecule has 1 aliphatic carbocycles. The molecule has 0 spiro atoms. The Hall–Kier alpha value is -3.13. The number of hydrogen-bond donors (Lipinski definition) is 1. The molecule has 4 aliphatic rings. The van der Waals surface area contributed by atoms with Crippen LogP contribution in [0.4, 0.5) is 10.5 Å². The summed E-state index contributed by atoms with van der Waals surface area (Å²) in [6, 6.07) is 12.8. The molecule has 36 heavy (non-hydrogen) atoms. The van der Waals surface area contributed by atoms with Crippen molar-refractivity contribution in [3.05, 3.63) is 59.5 Å². The maximum absolute atomic E-state index is 12.5. The lowest BCUT2D eigenvalue weighted by Crippen LogP contribution is -2.60. The highest BCUT2D eigenvalue weighted by atomic mass is 16.6. The molecule has 3 unspecified atom stereocenters. The van der Waals surface area contributed by atoms with Crippen molar-refractivity contribution in [2.45, 2.75) is 70.1 Å². The molecular weight excluding hydrogens is 454 g/mol. The molecule has 0 radical (unpaired) electrons. The summed E-state index contributed by atoms with van der Waals surface area (Å²) in [5.74, 6) is 0.883. The van der Waals surface area contributed by atoms with Gasteiger partial charge in [-0.15, -0.1) is 5.10 Å². The van der Waals surface area contributed by atoms with E-state index in [-0.39, 0.29) is 17.4 Å². The van der Waals surface area contributed by atoms with Crippen molar-refractivity contribution in [1.82, 2.24) is 19.9 Å². The summed E-state index contributed by atoms with van der Waals surface area (Å²) >= 11 is 0. The lowest BCUT2D eigenvalue weighted by molar-refractivity contribution is -0.0448. The Bertz CT molecular complexity index is 1310. The molecule has 1 saturated carbocycles. The quantitative estimate of drug-likeness (QED) is 0.587. The van der Waals surface area contributed by atoms with E-state index in [4.69, 9.17) is 19.6 Å². The third kappa shape index (κ3) is 3.74. The van der Waals surface area contributed by atoms with Crippen molar-refractivity contribution in [1.29, 1.82) is 0 Å². The zero-order valence-electron chi connectivity index (χ0n) is 21.7. The minimum atomic E-state index is -0.695. The van der Waals surface area contributed by atoms with Crippen LogP contribution in [0.2, 0.25) is 0 Å². The third-order valence-corrected chi connectivity index (χ3v) is 8.06. The predicted molar refractivity (Wildman–Crippen MR) is 137 cm³/mol. The molecule has 1 aromatic carbocycles. The van der Waals surface area contributed by atoms with E-state index >= 15 is 0 Å². The van der Waals surface area contributed by atoms with Crippen molar-refractivity contribution in [3.63, 3.8) is 0 Å². The molecule has 2 aromatic heterocycles. The maximum atomic E-state index is 12.5. The van der Waals surface area contributed by atoms with Crippen LogP contribution >= 0.6 is 0 Å². The summed E-state index contributed by atoms with van der Waals surface area (Å²) in [5, 5.41) is 7.92. The van der Waals surface area contributed by atoms with Gasteiger partial charge in [0.25, 0.3) is 0 Å². The van der Waals surface area contributed by atoms with Crippen LogP contribution in [0, 0.1) is 12.8 Å². The highest BCUT2D eigenvalue weighted by Gasteiger charge is 2.65. The largest absolute Gasteiger partial charge is 0.444 e. The number of aryl methyl sites for hydroxylation is 1. The van der Waals surface area contributed by atoms with Gasteiger partial charge < -0.3 is 19.7 Å². The minimum absolute atomic E-state index is 0.121. The normalized spacial score (nSPS) is 29.4. The van der Waals surface area contributed by atoms with Crippen LogP contribution in [0.1, 0.15) is 57.5 Å². The summed E-state index contributed by atoms with van der Waals surface area (Å²) in [7, 11) is 0. The number of carbonyl (C=O) groups excluding carboxylic acids is 1. The average Bonchev–Trinajstić information content (AvgIpc) is 3.59. The van der Waals surface area contributed by atoms with Crippen LogP contribution in [0.5, 0.6) is 0 Å². The van der Waals surface area contributed by atoms with Crippen molar-refractivity contribution in [2.75, 3.05) is 24.6 Å². The van der Waals surface area contributed by atoms with Gasteiger partial charge in [-0.1, -0.05) is 37.3 Å². The van der Waals surface area contributed by atoms with Gasteiger partial charge >= 0.3 is 6.09 Å². The summed E-state index contributed by atoms with van der Waals surface area (Å²) in [4.78, 5) is 19.8. The van der Waals surface area contributed by atoms with E-state index in [1.54, 1.807) is 0 Å². The number of ether oxygens (including phenoxy) is 2. The Balaban J connectivity index is 1.26. The fourth-order valence-electron chi connectivity index (χ4n) is 6.12. The number of alkyl carbamates (subject to hydrolysis) is 1. The summed E-state index contributed by atoms with van der Waals surface area (Å²) in [5.41, 5.74) is 3.30. The molecule has 4 atom stereocenters. The average molecular weight is 490 g/mol. The Morgan fingerprint density at radius 2 is 2.03 bits per heavy atom. The van der Waals surface area contributed by atoms with E-state index in [9.17, 15) is 4.79 Å². The monoisotopic (exact) mass is 489 g/mol. The third-order valence-electron chi connectivity index (χ3n) is 8.06. The van der Waals surface area contributed by atoms with Crippen LogP contribution in [0.25, 0.3) is 5.65 Å². The predicted octanol–water partition coefficient (Wildman–Crippen LogP) is 4.34. The first kappa shape index (κ1) is 23.3. The van der Waals surface area contributed by atoms with Crippen LogP contribution in [-0.2, 0) is 20.5 Å².